The molecule has 4 nitrogen and oxygen atoms in total. The number of hydrazine groups is 1. The second-order valence-electron chi connectivity index (χ2n) is 4.79. The molecular formula is C17H20N2O2. The van der Waals surface area contributed by atoms with Gasteiger partial charge in [-0.15, -0.1) is 0 Å². The van der Waals surface area contributed by atoms with E-state index in [-0.39, 0.29) is 5.91 Å². The highest BCUT2D eigenvalue weighted by atomic mass is 16.5. The monoisotopic (exact) mass is 284 g/mol. The second kappa shape index (κ2) is 7.45. The average Bonchev–Trinajstić information content (AvgIpc) is 2.55. The summed E-state index contributed by atoms with van der Waals surface area (Å²) in [6.45, 7) is 2.00. The van der Waals surface area contributed by atoms with Crippen LogP contribution in [0.4, 0.5) is 0 Å². The lowest BCUT2D eigenvalue weighted by atomic mass is 10.1. The Morgan fingerprint density at radius 3 is 2.29 bits per heavy atom. The standard InChI is InChI=1S/C17H20N2O2/c1-2-6-16(17(20)19-18)21-15-11-9-14(10-12-15)13-7-4-3-5-8-13/h3-5,7-12,16H,2,6,18H2,1H3,(H,19,20). The zero-order valence-corrected chi connectivity index (χ0v) is 12.1. The Bertz CT molecular complexity index is 567. The number of nitrogens with two attached hydrogens (primary N) is 1. The summed E-state index contributed by atoms with van der Waals surface area (Å²) >= 11 is 0. The number of hydrogen-bond donors (Lipinski definition) is 2. The van der Waals surface area contributed by atoms with E-state index in [1.807, 2.05) is 49.4 Å². The van der Waals surface area contributed by atoms with Gasteiger partial charge in [-0.25, -0.2) is 5.84 Å². The maximum Gasteiger partial charge on any atom is 0.274 e. The summed E-state index contributed by atoms with van der Waals surface area (Å²) < 4.78 is 5.71. The fourth-order valence-electron chi connectivity index (χ4n) is 2.12. The Hall–Kier alpha value is -2.33. The van der Waals surface area contributed by atoms with Gasteiger partial charge >= 0.3 is 0 Å². The van der Waals surface area contributed by atoms with E-state index in [2.05, 4.69) is 17.6 Å². The molecule has 2 aromatic rings. The summed E-state index contributed by atoms with van der Waals surface area (Å²) in [5.41, 5.74) is 4.40. The topological polar surface area (TPSA) is 64.3 Å². The molecular weight excluding hydrogens is 264 g/mol. The maximum atomic E-state index is 11.6. The number of ether oxygens (including phenoxy) is 1. The van der Waals surface area contributed by atoms with Crippen LogP contribution in [-0.2, 0) is 4.79 Å². The summed E-state index contributed by atoms with van der Waals surface area (Å²) in [6.07, 6.45) is 0.923. The van der Waals surface area contributed by atoms with Crippen molar-refractivity contribution in [2.45, 2.75) is 25.9 Å². The Morgan fingerprint density at radius 2 is 1.71 bits per heavy atom. The summed E-state index contributed by atoms with van der Waals surface area (Å²) in [5.74, 6) is 5.54. The van der Waals surface area contributed by atoms with Gasteiger partial charge in [0.2, 0.25) is 0 Å². The fraction of sp³-hybridized carbons (Fsp3) is 0.235. The number of carbonyl (C=O) groups excluding carboxylic acids is 1. The van der Waals surface area contributed by atoms with Crippen molar-refractivity contribution in [3.63, 3.8) is 0 Å². The summed E-state index contributed by atoms with van der Waals surface area (Å²) in [7, 11) is 0. The van der Waals surface area contributed by atoms with E-state index in [4.69, 9.17) is 10.6 Å². The van der Waals surface area contributed by atoms with E-state index in [9.17, 15) is 4.79 Å². The molecule has 4 heteroatoms. The molecule has 0 bridgehead atoms. The van der Waals surface area contributed by atoms with Crippen molar-refractivity contribution < 1.29 is 9.53 Å². The highest BCUT2D eigenvalue weighted by Gasteiger charge is 2.18. The third-order valence-electron chi connectivity index (χ3n) is 3.23. The lowest BCUT2D eigenvalue weighted by Gasteiger charge is -2.17. The third-order valence-corrected chi connectivity index (χ3v) is 3.23. The Labute approximate surface area is 124 Å². The van der Waals surface area contributed by atoms with Gasteiger partial charge in [0.05, 0.1) is 0 Å². The molecule has 0 aromatic heterocycles. The van der Waals surface area contributed by atoms with Gasteiger partial charge in [-0.3, -0.25) is 10.2 Å². The van der Waals surface area contributed by atoms with Crippen LogP contribution in [0.2, 0.25) is 0 Å². The summed E-state index contributed by atoms with van der Waals surface area (Å²) in [4.78, 5) is 11.6. The minimum Gasteiger partial charge on any atom is -0.481 e. The van der Waals surface area contributed by atoms with Crippen molar-refractivity contribution in [2.24, 2.45) is 5.84 Å². The van der Waals surface area contributed by atoms with Crippen molar-refractivity contribution in [1.82, 2.24) is 5.43 Å². The molecule has 1 unspecified atom stereocenters. The highest BCUT2D eigenvalue weighted by molar-refractivity contribution is 5.80. The SMILES string of the molecule is CCCC(Oc1ccc(-c2ccccc2)cc1)C(=O)NN. The van der Waals surface area contributed by atoms with Gasteiger partial charge in [0.1, 0.15) is 5.75 Å². The molecule has 110 valence electrons. The third kappa shape index (κ3) is 4.07. The molecule has 0 saturated heterocycles. The van der Waals surface area contributed by atoms with Gasteiger partial charge in [0.25, 0.3) is 5.91 Å². The molecule has 0 heterocycles. The van der Waals surface area contributed by atoms with Crippen LogP contribution in [-0.4, -0.2) is 12.0 Å². The first-order valence-electron chi connectivity index (χ1n) is 7.07. The van der Waals surface area contributed by atoms with Crippen LogP contribution in [0.1, 0.15) is 19.8 Å². The molecule has 0 aliphatic carbocycles. The molecule has 2 rings (SSSR count). The number of benzene rings is 2. The smallest absolute Gasteiger partial charge is 0.274 e. The highest BCUT2D eigenvalue weighted by Crippen LogP contribution is 2.23. The Kier molecular flexibility index (Phi) is 5.35. The molecule has 0 fully saturated rings. The van der Waals surface area contributed by atoms with Crippen molar-refractivity contribution in [3.05, 3.63) is 54.6 Å². The second-order valence-corrected chi connectivity index (χ2v) is 4.79. The van der Waals surface area contributed by atoms with Gasteiger partial charge < -0.3 is 4.74 Å². The van der Waals surface area contributed by atoms with Gasteiger partial charge in [-0.1, -0.05) is 55.8 Å². The minimum atomic E-state index is -0.553. The molecule has 1 amide bonds. The molecule has 0 aliphatic heterocycles. The molecule has 0 aliphatic rings. The van der Waals surface area contributed by atoms with Crippen LogP contribution in [0.25, 0.3) is 11.1 Å². The van der Waals surface area contributed by atoms with Gasteiger partial charge in [-0.05, 0) is 29.7 Å². The first-order chi connectivity index (χ1) is 10.2. The number of carbonyl (C=O) groups is 1. The normalized spacial score (nSPS) is 11.7. The molecule has 0 radical (unpaired) electrons. The fourth-order valence-corrected chi connectivity index (χ4v) is 2.12. The van der Waals surface area contributed by atoms with E-state index in [0.29, 0.717) is 12.2 Å². The molecule has 21 heavy (non-hydrogen) atoms. The zero-order chi connectivity index (χ0) is 15.1. The average molecular weight is 284 g/mol. The van der Waals surface area contributed by atoms with Gasteiger partial charge in [0, 0.05) is 0 Å². The lowest BCUT2D eigenvalue weighted by molar-refractivity contribution is -0.128. The van der Waals surface area contributed by atoms with Gasteiger partial charge in [0.15, 0.2) is 6.10 Å². The maximum absolute atomic E-state index is 11.6. The first kappa shape index (κ1) is 15.1. The quantitative estimate of drug-likeness (QED) is 0.487. The summed E-state index contributed by atoms with van der Waals surface area (Å²) in [5, 5.41) is 0. The van der Waals surface area contributed by atoms with Crippen molar-refractivity contribution >= 4 is 5.91 Å². The van der Waals surface area contributed by atoms with Crippen LogP contribution < -0.4 is 16.0 Å². The Balaban J connectivity index is 2.09. The molecule has 3 N–H and O–H groups in total. The number of rotatable bonds is 6. The predicted octanol–water partition coefficient (Wildman–Crippen LogP) is 2.89. The van der Waals surface area contributed by atoms with Crippen LogP contribution in [0.3, 0.4) is 0 Å². The van der Waals surface area contributed by atoms with Crippen LogP contribution in [0.15, 0.2) is 54.6 Å². The number of hydrogen-bond acceptors (Lipinski definition) is 3. The van der Waals surface area contributed by atoms with E-state index in [0.717, 1.165) is 17.5 Å². The Morgan fingerprint density at radius 1 is 1.10 bits per heavy atom. The molecule has 1 atom stereocenters. The largest absolute Gasteiger partial charge is 0.481 e. The van der Waals surface area contributed by atoms with E-state index >= 15 is 0 Å². The van der Waals surface area contributed by atoms with E-state index in [1.165, 1.54) is 0 Å². The first-order valence-corrected chi connectivity index (χ1v) is 7.07. The summed E-state index contributed by atoms with van der Waals surface area (Å²) in [6, 6.07) is 17.8. The van der Waals surface area contributed by atoms with Crippen molar-refractivity contribution in [2.75, 3.05) is 0 Å². The molecule has 0 spiro atoms. The van der Waals surface area contributed by atoms with Crippen LogP contribution >= 0.6 is 0 Å². The number of nitrogens with one attached hydrogen (secondary N) is 1. The van der Waals surface area contributed by atoms with Crippen LogP contribution in [0, 0.1) is 0 Å². The minimum absolute atomic E-state index is 0.302. The van der Waals surface area contributed by atoms with Crippen molar-refractivity contribution in [3.8, 4) is 16.9 Å². The lowest BCUT2D eigenvalue weighted by Crippen LogP contribution is -2.42. The van der Waals surface area contributed by atoms with Gasteiger partial charge in [-0.2, -0.15) is 0 Å². The predicted molar refractivity (Wildman–Crippen MR) is 83.5 cm³/mol. The zero-order valence-electron chi connectivity index (χ0n) is 12.1. The number of amides is 1. The van der Waals surface area contributed by atoms with E-state index in [1.54, 1.807) is 0 Å². The molecule has 2 aromatic carbocycles. The van der Waals surface area contributed by atoms with Crippen molar-refractivity contribution in [1.29, 1.82) is 0 Å². The van der Waals surface area contributed by atoms with E-state index < -0.39 is 6.10 Å². The van der Waals surface area contributed by atoms with Crippen LogP contribution in [0.5, 0.6) is 5.75 Å². The molecule has 0 saturated carbocycles.